The molecule has 0 aliphatic rings. The van der Waals surface area contributed by atoms with Gasteiger partial charge < -0.3 is 19.3 Å². The molecule has 0 atom stereocenters. The van der Waals surface area contributed by atoms with Gasteiger partial charge in [0.2, 0.25) is 5.75 Å². The Hall–Kier alpha value is -4.07. The third-order valence-electron chi connectivity index (χ3n) is 5.37. The normalized spacial score (nSPS) is 10.9. The van der Waals surface area contributed by atoms with Gasteiger partial charge in [0, 0.05) is 11.1 Å². The summed E-state index contributed by atoms with van der Waals surface area (Å²) < 4.78 is 16.2. The van der Waals surface area contributed by atoms with Crippen LogP contribution in [0.3, 0.4) is 0 Å². The van der Waals surface area contributed by atoms with Crippen LogP contribution in [0, 0.1) is 0 Å². The summed E-state index contributed by atoms with van der Waals surface area (Å²) in [5.41, 5.74) is 4.09. The van der Waals surface area contributed by atoms with Crippen LogP contribution in [0.25, 0.3) is 33.5 Å². The average molecular weight is 433 g/mol. The summed E-state index contributed by atoms with van der Waals surface area (Å²) in [4.78, 5) is 16.8. The van der Waals surface area contributed by atoms with E-state index in [1.165, 1.54) is 33.0 Å². The molecule has 32 heavy (non-hydrogen) atoms. The number of carbonyl (C=O) groups is 1. The number of carboxylic acids is 1. The maximum absolute atomic E-state index is 12.2. The number of aryl methyl sites for hydroxylation is 1. The van der Waals surface area contributed by atoms with E-state index in [0.717, 1.165) is 12.0 Å². The number of hydrogen-bond donors (Lipinski definition) is 2. The van der Waals surface area contributed by atoms with Crippen molar-refractivity contribution in [3.05, 3.63) is 53.6 Å². The summed E-state index contributed by atoms with van der Waals surface area (Å²) >= 11 is 0. The molecule has 0 radical (unpaired) electrons. The van der Waals surface area contributed by atoms with Gasteiger partial charge in [-0.05, 0) is 30.2 Å². The SMILES string of the molecule is CCc1ccc(-c2[nH]nc3nc(-c4cc(OC)c(OC)c(OC)c4)cc(C(=O)O)c23)cc1. The molecule has 0 saturated carbocycles. The zero-order chi connectivity index (χ0) is 22.8. The number of ether oxygens (including phenoxy) is 3. The fourth-order valence-corrected chi connectivity index (χ4v) is 3.69. The number of benzene rings is 2. The molecular formula is C24H23N3O5. The Labute approximate surface area is 184 Å². The molecule has 2 heterocycles. The van der Waals surface area contributed by atoms with E-state index in [1.54, 1.807) is 12.1 Å². The van der Waals surface area contributed by atoms with Gasteiger partial charge in [0.05, 0.1) is 43.7 Å². The molecule has 0 amide bonds. The van der Waals surface area contributed by atoms with Crippen LogP contribution in [-0.2, 0) is 6.42 Å². The maximum Gasteiger partial charge on any atom is 0.336 e. The van der Waals surface area contributed by atoms with Crippen LogP contribution >= 0.6 is 0 Å². The van der Waals surface area contributed by atoms with Crippen molar-refractivity contribution in [2.24, 2.45) is 0 Å². The van der Waals surface area contributed by atoms with E-state index in [2.05, 4.69) is 22.1 Å². The largest absolute Gasteiger partial charge is 0.493 e. The molecular weight excluding hydrogens is 410 g/mol. The van der Waals surface area contributed by atoms with Gasteiger partial charge in [-0.3, -0.25) is 5.10 Å². The van der Waals surface area contributed by atoms with Gasteiger partial charge in [-0.25, -0.2) is 9.78 Å². The molecule has 0 unspecified atom stereocenters. The Morgan fingerprint density at radius 3 is 2.16 bits per heavy atom. The molecule has 164 valence electrons. The monoisotopic (exact) mass is 433 g/mol. The number of methoxy groups -OCH3 is 3. The molecule has 4 aromatic rings. The third-order valence-corrected chi connectivity index (χ3v) is 5.37. The Balaban J connectivity index is 1.91. The predicted molar refractivity (Wildman–Crippen MR) is 121 cm³/mol. The predicted octanol–water partition coefficient (Wildman–Crippen LogP) is 4.58. The molecule has 0 bridgehead atoms. The lowest BCUT2D eigenvalue weighted by atomic mass is 10.0. The summed E-state index contributed by atoms with van der Waals surface area (Å²) in [5, 5.41) is 17.7. The highest BCUT2D eigenvalue weighted by atomic mass is 16.5. The van der Waals surface area contributed by atoms with E-state index in [4.69, 9.17) is 14.2 Å². The summed E-state index contributed by atoms with van der Waals surface area (Å²) in [6.45, 7) is 2.08. The third kappa shape index (κ3) is 3.60. The van der Waals surface area contributed by atoms with Crippen LogP contribution in [0.15, 0.2) is 42.5 Å². The second-order valence-corrected chi connectivity index (χ2v) is 7.12. The number of aromatic nitrogens is 3. The molecule has 2 N–H and O–H groups in total. The van der Waals surface area contributed by atoms with Crippen molar-refractivity contribution in [3.8, 4) is 39.8 Å². The first-order valence-electron chi connectivity index (χ1n) is 10.0. The van der Waals surface area contributed by atoms with Crippen LogP contribution in [0.1, 0.15) is 22.8 Å². The summed E-state index contributed by atoms with van der Waals surface area (Å²) in [6, 6.07) is 12.9. The summed E-state index contributed by atoms with van der Waals surface area (Å²) in [7, 11) is 4.56. The first-order valence-corrected chi connectivity index (χ1v) is 10.0. The quantitative estimate of drug-likeness (QED) is 0.439. The summed E-state index contributed by atoms with van der Waals surface area (Å²) in [6.07, 6.45) is 0.921. The smallest absolute Gasteiger partial charge is 0.336 e. The van der Waals surface area contributed by atoms with Gasteiger partial charge >= 0.3 is 5.97 Å². The first-order chi connectivity index (χ1) is 15.5. The minimum absolute atomic E-state index is 0.0991. The number of rotatable bonds is 7. The molecule has 2 aromatic carbocycles. The van der Waals surface area contributed by atoms with E-state index in [9.17, 15) is 9.90 Å². The van der Waals surface area contributed by atoms with Gasteiger partial charge in [-0.2, -0.15) is 5.10 Å². The molecule has 2 aromatic heterocycles. The molecule has 0 saturated heterocycles. The van der Waals surface area contributed by atoms with Crippen molar-refractivity contribution in [1.82, 2.24) is 15.2 Å². The van der Waals surface area contributed by atoms with E-state index in [-0.39, 0.29) is 5.56 Å². The molecule has 0 spiro atoms. The van der Waals surface area contributed by atoms with Crippen molar-refractivity contribution in [2.75, 3.05) is 21.3 Å². The van der Waals surface area contributed by atoms with Gasteiger partial charge in [0.25, 0.3) is 0 Å². The van der Waals surface area contributed by atoms with Crippen LogP contribution < -0.4 is 14.2 Å². The van der Waals surface area contributed by atoms with E-state index >= 15 is 0 Å². The number of aromatic amines is 1. The van der Waals surface area contributed by atoms with Crippen LogP contribution in [-0.4, -0.2) is 47.6 Å². The van der Waals surface area contributed by atoms with E-state index in [0.29, 0.717) is 45.2 Å². The van der Waals surface area contributed by atoms with Crippen LogP contribution in [0.5, 0.6) is 17.2 Å². The van der Waals surface area contributed by atoms with Crippen molar-refractivity contribution < 1.29 is 24.1 Å². The number of pyridine rings is 1. The number of nitrogens with one attached hydrogen (secondary N) is 1. The van der Waals surface area contributed by atoms with Gasteiger partial charge in [-0.1, -0.05) is 31.2 Å². The van der Waals surface area contributed by atoms with Crippen molar-refractivity contribution in [1.29, 1.82) is 0 Å². The zero-order valence-electron chi connectivity index (χ0n) is 18.2. The van der Waals surface area contributed by atoms with Crippen LogP contribution in [0.4, 0.5) is 0 Å². The number of nitrogens with zero attached hydrogens (tertiary/aromatic N) is 2. The highest BCUT2D eigenvalue weighted by Gasteiger charge is 2.21. The lowest BCUT2D eigenvalue weighted by Crippen LogP contribution is -2.01. The average Bonchev–Trinajstić information content (AvgIpc) is 3.26. The number of aromatic carboxylic acids is 1. The molecule has 8 heteroatoms. The number of carboxylic acid groups (broad SMARTS) is 1. The standard InChI is InChI=1S/C24H23N3O5/c1-5-13-6-8-14(9-7-13)21-20-16(24(28)29)12-17(25-23(20)27-26-21)15-10-18(30-2)22(32-4)19(11-15)31-3/h6-12H,5H2,1-4H3,(H,28,29)(H,25,26,27). The lowest BCUT2D eigenvalue weighted by Gasteiger charge is -2.14. The second-order valence-electron chi connectivity index (χ2n) is 7.12. The minimum Gasteiger partial charge on any atom is -0.493 e. The van der Waals surface area contributed by atoms with Gasteiger partial charge in [0.15, 0.2) is 17.1 Å². The molecule has 4 rings (SSSR count). The summed E-state index contributed by atoms with van der Waals surface area (Å²) in [5.74, 6) is 0.258. The van der Waals surface area contributed by atoms with E-state index < -0.39 is 5.97 Å². The highest BCUT2D eigenvalue weighted by Crippen LogP contribution is 2.41. The minimum atomic E-state index is -1.07. The topological polar surface area (TPSA) is 107 Å². The van der Waals surface area contributed by atoms with Gasteiger partial charge in [0.1, 0.15) is 0 Å². The van der Waals surface area contributed by atoms with Gasteiger partial charge in [-0.15, -0.1) is 0 Å². The van der Waals surface area contributed by atoms with Crippen molar-refractivity contribution in [3.63, 3.8) is 0 Å². The highest BCUT2D eigenvalue weighted by molar-refractivity contribution is 6.08. The second kappa shape index (κ2) is 8.58. The van der Waals surface area contributed by atoms with Crippen LogP contribution in [0.2, 0.25) is 0 Å². The Kier molecular flexibility index (Phi) is 5.68. The molecule has 8 nitrogen and oxygen atoms in total. The van der Waals surface area contributed by atoms with Crippen molar-refractivity contribution in [2.45, 2.75) is 13.3 Å². The lowest BCUT2D eigenvalue weighted by molar-refractivity contribution is 0.0699. The number of fused-ring (bicyclic) bond motifs is 1. The Morgan fingerprint density at radius 2 is 1.62 bits per heavy atom. The van der Waals surface area contributed by atoms with E-state index in [1.807, 2.05) is 24.3 Å². The number of hydrogen-bond acceptors (Lipinski definition) is 6. The molecule has 0 aliphatic carbocycles. The number of H-pyrrole nitrogens is 1. The molecule has 0 fully saturated rings. The Morgan fingerprint density at radius 1 is 0.969 bits per heavy atom. The van der Waals surface area contributed by atoms with Crippen molar-refractivity contribution >= 4 is 17.0 Å². The fourth-order valence-electron chi connectivity index (χ4n) is 3.69. The first kappa shape index (κ1) is 21.2. The zero-order valence-corrected chi connectivity index (χ0v) is 18.2. The fraction of sp³-hybridized carbons (Fsp3) is 0.208. The maximum atomic E-state index is 12.2. The molecule has 0 aliphatic heterocycles. The Bertz CT molecular complexity index is 1270.